The number of nitrogens with zero attached hydrogens (tertiary/aromatic N) is 1. The van der Waals surface area contributed by atoms with Crippen LogP contribution in [0.2, 0.25) is 0 Å². The first-order valence-electron chi connectivity index (χ1n) is 7.39. The molecular weight excluding hydrogens is 304 g/mol. The first kappa shape index (κ1) is 17.0. The molecule has 2 aromatic rings. The van der Waals surface area contributed by atoms with Gasteiger partial charge in [-0.3, -0.25) is 4.79 Å². The summed E-state index contributed by atoms with van der Waals surface area (Å²) in [6.07, 6.45) is 3.00. The molecule has 2 rings (SSSR count). The summed E-state index contributed by atoms with van der Waals surface area (Å²) in [5.41, 5.74) is 2.43. The van der Waals surface area contributed by atoms with Crippen LogP contribution in [0.15, 0.2) is 54.6 Å². The Balaban J connectivity index is 1.99. The number of nitrogens with one attached hydrogen (secondary N) is 1. The molecule has 0 aliphatic carbocycles. The maximum atomic E-state index is 12.1. The summed E-state index contributed by atoms with van der Waals surface area (Å²) in [7, 11) is 0. The lowest BCUT2D eigenvalue weighted by Crippen LogP contribution is -2.11. The van der Waals surface area contributed by atoms with E-state index in [9.17, 15) is 9.59 Å². The Bertz CT molecular complexity index is 785. The number of carbonyl (C=O) groups is 2. The quantitative estimate of drug-likeness (QED) is 0.676. The van der Waals surface area contributed by atoms with Gasteiger partial charge in [0, 0.05) is 17.3 Å². The Labute approximate surface area is 140 Å². The lowest BCUT2D eigenvalue weighted by molar-refractivity contribution is -0.137. The Hall–Kier alpha value is -3.39. The van der Waals surface area contributed by atoms with Crippen molar-refractivity contribution >= 4 is 23.6 Å². The van der Waals surface area contributed by atoms with Gasteiger partial charge >= 0.3 is 5.97 Å². The van der Waals surface area contributed by atoms with Crippen LogP contribution in [0.25, 0.3) is 6.08 Å². The predicted octanol–water partition coefficient (Wildman–Crippen LogP) is 3.39. The minimum atomic E-state index is -0.393. The lowest BCUT2D eigenvalue weighted by atomic mass is 10.1. The summed E-state index contributed by atoms with van der Waals surface area (Å²) in [6.45, 7) is 2.08. The largest absolute Gasteiger partial charge is 0.463 e. The van der Waals surface area contributed by atoms with Gasteiger partial charge < -0.3 is 10.1 Å². The number of anilines is 1. The van der Waals surface area contributed by atoms with Crippen LogP contribution in [0, 0.1) is 11.3 Å². The number of nitriles is 1. The van der Waals surface area contributed by atoms with Crippen molar-refractivity contribution in [1.29, 1.82) is 5.26 Å². The molecule has 5 heteroatoms. The molecule has 0 radical (unpaired) electrons. The summed E-state index contributed by atoms with van der Waals surface area (Å²) < 4.78 is 4.80. The SMILES string of the molecule is CCOC(=O)/C=C/c1ccc(NC(=O)c2ccc(C#N)cc2)cc1. The number of benzene rings is 2. The van der Waals surface area contributed by atoms with E-state index in [-0.39, 0.29) is 5.91 Å². The Kier molecular flexibility index (Phi) is 5.87. The van der Waals surface area contributed by atoms with Crippen LogP contribution in [0.3, 0.4) is 0 Å². The van der Waals surface area contributed by atoms with Crippen LogP contribution < -0.4 is 5.32 Å². The van der Waals surface area contributed by atoms with Gasteiger partial charge in [-0.15, -0.1) is 0 Å². The van der Waals surface area contributed by atoms with Gasteiger partial charge in [0.1, 0.15) is 0 Å². The van der Waals surface area contributed by atoms with Crippen molar-refractivity contribution in [2.24, 2.45) is 0 Å². The van der Waals surface area contributed by atoms with Crippen molar-refractivity contribution in [3.63, 3.8) is 0 Å². The van der Waals surface area contributed by atoms with Crippen LogP contribution in [0.5, 0.6) is 0 Å². The molecule has 1 N–H and O–H groups in total. The number of amides is 1. The molecule has 2 aromatic carbocycles. The molecule has 0 heterocycles. The topological polar surface area (TPSA) is 79.2 Å². The zero-order valence-corrected chi connectivity index (χ0v) is 13.2. The highest BCUT2D eigenvalue weighted by Gasteiger charge is 2.05. The third kappa shape index (κ3) is 4.82. The molecule has 0 saturated heterocycles. The zero-order chi connectivity index (χ0) is 17.4. The third-order valence-electron chi connectivity index (χ3n) is 3.14. The van der Waals surface area contributed by atoms with Gasteiger partial charge in [0.2, 0.25) is 0 Å². The summed E-state index contributed by atoms with van der Waals surface area (Å²) in [6, 6.07) is 15.4. The van der Waals surface area contributed by atoms with Gasteiger partial charge in [0.15, 0.2) is 0 Å². The van der Waals surface area contributed by atoms with E-state index in [1.165, 1.54) is 6.08 Å². The van der Waals surface area contributed by atoms with Crippen molar-refractivity contribution < 1.29 is 14.3 Å². The van der Waals surface area contributed by atoms with E-state index >= 15 is 0 Å². The monoisotopic (exact) mass is 320 g/mol. The minimum Gasteiger partial charge on any atom is -0.463 e. The van der Waals surface area contributed by atoms with E-state index in [2.05, 4.69) is 5.32 Å². The van der Waals surface area contributed by atoms with Crippen molar-refractivity contribution in [1.82, 2.24) is 0 Å². The third-order valence-corrected chi connectivity index (χ3v) is 3.14. The molecule has 24 heavy (non-hydrogen) atoms. The molecule has 0 saturated carbocycles. The molecule has 0 bridgehead atoms. The average Bonchev–Trinajstić information content (AvgIpc) is 2.61. The summed E-state index contributed by atoms with van der Waals surface area (Å²) >= 11 is 0. The molecule has 0 fully saturated rings. The van der Waals surface area contributed by atoms with E-state index in [0.717, 1.165) is 5.56 Å². The average molecular weight is 320 g/mol. The first-order valence-corrected chi connectivity index (χ1v) is 7.39. The van der Waals surface area contributed by atoms with Crippen molar-refractivity contribution in [2.45, 2.75) is 6.92 Å². The number of ether oxygens (including phenoxy) is 1. The molecule has 0 spiro atoms. The molecule has 0 aliphatic rings. The summed E-state index contributed by atoms with van der Waals surface area (Å²) in [5, 5.41) is 11.5. The normalized spacial score (nSPS) is 10.2. The van der Waals surface area contributed by atoms with Gasteiger partial charge in [-0.25, -0.2) is 4.79 Å². The highest BCUT2D eigenvalue weighted by Crippen LogP contribution is 2.13. The van der Waals surface area contributed by atoms with Gasteiger partial charge in [-0.05, 0) is 55.0 Å². The van der Waals surface area contributed by atoms with Crippen LogP contribution in [0.1, 0.15) is 28.4 Å². The van der Waals surface area contributed by atoms with Gasteiger partial charge in [0.05, 0.1) is 18.2 Å². The van der Waals surface area contributed by atoms with Crippen molar-refractivity contribution in [2.75, 3.05) is 11.9 Å². The zero-order valence-electron chi connectivity index (χ0n) is 13.2. The van der Waals surface area contributed by atoms with Crippen LogP contribution >= 0.6 is 0 Å². The number of esters is 1. The standard InChI is InChI=1S/C19H16N2O3/c1-2-24-18(22)12-7-14-5-10-17(11-6-14)21-19(23)16-8-3-15(13-20)4-9-16/h3-12H,2H2,1H3,(H,21,23)/b12-7+. The maximum Gasteiger partial charge on any atom is 0.330 e. The Morgan fingerprint density at radius 1 is 1.12 bits per heavy atom. The first-order chi connectivity index (χ1) is 11.6. The molecule has 120 valence electrons. The van der Waals surface area contributed by atoms with Gasteiger partial charge in [-0.1, -0.05) is 12.1 Å². The van der Waals surface area contributed by atoms with Crippen LogP contribution in [-0.4, -0.2) is 18.5 Å². The molecular formula is C19H16N2O3. The van der Waals surface area contributed by atoms with Crippen LogP contribution in [0.4, 0.5) is 5.69 Å². The van der Waals surface area contributed by atoms with Gasteiger partial charge in [0.25, 0.3) is 5.91 Å². The molecule has 5 nitrogen and oxygen atoms in total. The second-order valence-electron chi connectivity index (χ2n) is 4.85. The highest BCUT2D eigenvalue weighted by atomic mass is 16.5. The predicted molar refractivity (Wildman–Crippen MR) is 91.2 cm³/mol. The number of rotatable bonds is 5. The molecule has 0 aromatic heterocycles. The fraction of sp³-hybridized carbons (Fsp3) is 0.105. The fourth-order valence-corrected chi connectivity index (χ4v) is 1.93. The van der Waals surface area contributed by atoms with E-state index < -0.39 is 5.97 Å². The van der Waals surface area contributed by atoms with Gasteiger partial charge in [-0.2, -0.15) is 5.26 Å². The Morgan fingerprint density at radius 3 is 2.38 bits per heavy atom. The number of hydrogen-bond donors (Lipinski definition) is 1. The highest BCUT2D eigenvalue weighted by molar-refractivity contribution is 6.04. The van der Waals surface area contributed by atoms with Crippen LogP contribution in [-0.2, 0) is 9.53 Å². The smallest absolute Gasteiger partial charge is 0.330 e. The summed E-state index contributed by atoms with van der Waals surface area (Å²) in [5.74, 6) is -0.648. The van der Waals surface area contributed by atoms with E-state index in [1.807, 2.05) is 6.07 Å². The van der Waals surface area contributed by atoms with Crippen molar-refractivity contribution in [3.05, 3.63) is 71.3 Å². The Morgan fingerprint density at radius 2 is 1.79 bits per heavy atom. The second-order valence-corrected chi connectivity index (χ2v) is 4.85. The molecule has 1 amide bonds. The second kappa shape index (κ2) is 8.30. The summed E-state index contributed by atoms with van der Waals surface area (Å²) in [4.78, 5) is 23.4. The molecule has 0 atom stereocenters. The van der Waals surface area contributed by atoms with E-state index in [1.54, 1.807) is 61.5 Å². The van der Waals surface area contributed by atoms with E-state index in [0.29, 0.717) is 23.4 Å². The maximum absolute atomic E-state index is 12.1. The minimum absolute atomic E-state index is 0.255. The number of carbonyl (C=O) groups excluding carboxylic acids is 2. The lowest BCUT2D eigenvalue weighted by Gasteiger charge is -2.05. The van der Waals surface area contributed by atoms with Crippen molar-refractivity contribution in [3.8, 4) is 6.07 Å². The molecule has 0 unspecified atom stereocenters. The number of hydrogen-bond acceptors (Lipinski definition) is 4. The van der Waals surface area contributed by atoms with E-state index in [4.69, 9.17) is 10.00 Å². The molecule has 0 aliphatic heterocycles. The fourth-order valence-electron chi connectivity index (χ4n) is 1.93.